The van der Waals surface area contributed by atoms with E-state index in [1.54, 1.807) is 43.5 Å². The summed E-state index contributed by atoms with van der Waals surface area (Å²) in [6, 6.07) is 9.58. The SMILES string of the molecule is C=CCn1c(SC(C)C(=O)Nc2ccccc2F)nnc1-c1ccco1. The van der Waals surface area contributed by atoms with Gasteiger partial charge in [-0.15, -0.1) is 16.8 Å². The van der Waals surface area contributed by atoms with Gasteiger partial charge in [0, 0.05) is 6.54 Å². The van der Waals surface area contributed by atoms with E-state index in [9.17, 15) is 9.18 Å². The Morgan fingerprint density at radius 3 is 2.88 bits per heavy atom. The van der Waals surface area contributed by atoms with Crippen molar-refractivity contribution in [3.63, 3.8) is 0 Å². The molecule has 1 atom stereocenters. The van der Waals surface area contributed by atoms with E-state index in [2.05, 4.69) is 22.1 Å². The fraction of sp³-hybridized carbons (Fsp3) is 0.167. The van der Waals surface area contributed by atoms with Crippen LogP contribution < -0.4 is 5.32 Å². The van der Waals surface area contributed by atoms with Gasteiger partial charge in [0.2, 0.25) is 11.7 Å². The van der Waals surface area contributed by atoms with Crippen LogP contribution in [0.15, 0.2) is 64.9 Å². The highest BCUT2D eigenvalue weighted by Crippen LogP contribution is 2.28. The Morgan fingerprint density at radius 1 is 1.38 bits per heavy atom. The van der Waals surface area contributed by atoms with Crippen LogP contribution in [0.4, 0.5) is 10.1 Å². The zero-order chi connectivity index (χ0) is 18.5. The number of halogens is 1. The maximum atomic E-state index is 13.7. The van der Waals surface area contributed by atoms with Crippen molar-refractivity contribution < 1.29 is 13.6 Å². The van der Waals surface area contributed by atoms with E-state index in [1.807, 2.05) is 4.57 Å². The molecule has 0 radical (unpaired) electrons. The van der Waals surface area contributed by atoms with Crippen LogP contribution in [0, 0.1) is 5.82 Å². The zero-order valence-electron chi connectivity index (χ0n) is 14.1. The number of thioether (sulfide) groups is 1. The van der Waals surface area contributed by atoms with Crippen LogP contribution in [-0.4, -0.2) is 25.9 Å². The molecule has 0 saturated heterocycles. The molecule has 6 nitrogen and oxygen atoms in total. The summed E-state index contributed by atoms with van der Waals surface area (Å²) in [6.45, 7) is 5.93. The van der Waals surface area contributed by atoms with E-state index in [4.69, 9.17) is 4.42 Å². The van der Waals surface area contributed by atoms with E-state index in [0.717, 1.165) is 0 Å². The number of amides is 1. The Kier molecular flexibility index (Phi) is 5.52. The molecule has 2 heterocycles. The van der Waals surface area contributed by atoms with Crippen LogP contribution in [0.1, 0.15) is 6.92 Å². The van der Waals surface area contributed by atoms with E-state index in [1.165, 1.54) is 23.9 Å². The summed E-state index contributed by atoms with van der Waals surface area (Å²) in [7, 11) is 0. The fourth-order valence-electron chi connectivity index (χ4n) is 2.27. The highest BCUT2D eigenvalue weighted by molar-refractivity contribution is 8.00. The van der Waals surface area contributed by atoms with Crippen molar-refractivity contribution in [3.05, 3.63) is 61.1 Å². The van der Waals surface area contributed by atoms with Gasteiger partial charge in [-0.25, -0.2) is 4.39 Å². The number of allylic oxidation sites excluding steroid dienone is 1. The van der Waals surface area contributed by atoms with Crippen molar-refractivity contribution in [3.8, 4) is 11.6 Å². The molecular weight excluding hydrogens is 355 g/mol. The minimum atomic E-state index is -0.508. The summed E-state index contributed by atoms with van der Waals surface area (Å²) < 4.78 is 20.9. The summed E-state index contributed by atoms with van der Waals surface area (Å²) in [5.74, 6) is 0.328. The maximum Gasteiger partial charge on any atom is 0.237 e. The van der Waals surface area contributed by atoms with Gasteiger partial charge < -0.3 is 9.73 Å². The van der Waals surface area contributed by atoms with Crippen LogP contribution in [0.2, 0.25) is 0 Å². The summed E-state index contributed by atoms with van der Waals surface area (Å²) in [5.41, 5.74) is 0.147. The summed E-state index contributed by atoms with van der Waals surface area (Å²) in [4.78, 5) is 12.4. The standard InChI is InChI=1S/C18H17FN4O2S/c1-3-10-23-16(15-9-6-11-25-15)21-22-18(23)26-12(2)17(24)20-14-8-5-4-7-13(14)19/h3-9,11-12H,1,10H2,2H3,(H,20,24). The second-order valence-corrected chi connectivity index (χ2v) is 6.72. The first kappa shape index (κ1) is 17.9. The molecule has 8 heteroatoms. The van der Waals surface area contributed by atoms with Gasteiger partial charge in [0.15, 0.2) is 10.9 Å². The lowest BCUT2D eigenvalue weighted by atomic mass is 10.3. The van der Waals surface area contributed by atoms with Gasteiger partial charge in [-0.05, 0) is 31.2 Å². The number of hydrogen-bond acceptors (Lipinski definition) is 5. The average molecular weight is 372 g/mol. The summed E-state index contributed by atoms with van der Waals surface area (Å²) >= 11 is 1.23. The molecule has 0 spiro atoms. The smallest absolute Gasteiger partial charge is 0.237 e. The second kappa shape index (κ2) is 8.01. The van der Waals surface area contributed by atoms with E-state index >= 15 is 0 Å². The van der Waals surface area contributed by atoms with Gasteiger partial charge >= 0.3 is 0 Å². The average Bonchev–Trinajstić information content (AvgIpc) is 3.28. The minimum absolute atomic E-state index is 0.147. The number of nitrogens with zero attached hydrogens (tertiary/aromatic N) is 3. The number of carbonyl (C=O) groups excluding carboxylic acids is 1. The molecule has 1 aromatic carbocycles. The molecule has 1 amide bonds. The largest absolute Gasteiger partial charge is 0.461 e. The number of hydrogen-bond donors (Lipinski definition) is 1. The van der Waals surface area contributed by atoms with Gasteiger partial charge in [-0.2, -0.15) is 0 Å². The van der Waals surface area contributed by atoms with Gasteiger partial charge in [0.05, 0.1) is 17.2 Å². The van der Waals surface area contributed by atoms with Crippen LogP contribution in [0.5, 0.6) is 0 Å². The molecule has 134 valence electrons. The number of rotatable bonds is 7. The number of carbonyl (C=O) groups is 1. The molecule has 0 aliphatic heterocycles. The monoisotopic (exact) mass is 372 g/mol. The highest BCUT2D eigenvalue weighted by atomic mass is 32.2. The molecule has 0 bridgehead atoms. The Labute approximate surface area is 154 Å². The van der Waals surface area contributed by atoms with Gasteiger partial charge in [0.25, 0.3) is 0 Å². The number of para-hydroxylation sites is 1. The predicted molar refractivity (Wildman–Crippen MR) is 98.3 cm³/mol. The molecule has 1 unspecified atom stereocenters. The molecule has 0 aliphatic rings. The molecule has 26 heavy (non-hydrogen) atoms. The molecule has 3 rings (SSSR count). The molecule has 0 fully saturated rings. The number of anilines is 1. The lowest BCUT2D eigenvalue weighted by molar-refractivity contribution is -0.115. The summed E-state index contributed by atoms with van der Waals surface area (Å²) in [5, 5.41) is 10.9. The van der Waals surface area contributed by atoms with Crippen molar-refractivity contribution in [2.45, 2.75) is 23.9 Å². The van der Waals surface area contributed by atoms with Gasteiger partial charge in [0.1, 0.15) is 5.82 Å². The molecule has 3 aromatic rings. The van der Waals surface area contributed by atoms with Crippen molar-refractivity contribution in [1.29, 1.82) is 0 Å². The van der Waals surface area contributed by atoms with Crippen molar-refractivity contribution in [2.24, 2.45) is 0 Å². The number of furan rings is 1. The van der Waals surface area contributed by atoms with Crippen LogP contribution >= 0.6 is 11.8 Å². The first-order valence-corrected chi connectivity index (χ1v) is 8.78. The quantitative estimate of drug-likeness (QED) is 0.502. The lowest BCUT2D eigenvalue weighted by Gasteiger charge is -2.13. The Bertz CT molecular complexity index is 908. The molecular formula is C18H17FN4O2S. The van der Waals surface area contributed by atoms with Crippen LogP contribution in [0.3, 0.4) is 0 Å². The topological polar surface area (TPSA) is 73.0 Å². The first-order chi connectivity index (χ1) is 12.6. The maximum absolute atomic E-state index is 13.7. The number of benzene rings is 1. The van der Waals surface area contributed by atoms with Crippen LogP contribution in [0.25, 0.3) is 11.6 Å². The Balaban J connectivity index is 1.76. The normalized spacial score (nSPS) is 11.9. The molecule has 1 N–H and O–H groups in total. The van der Waals surface area contributed by atoms with Gasteiger partial charge in [-0.1, -0.05) is 30.0 Å². The zero-order valence-corrected chi connectivity index (χ0v) is 14.9. The Morgan fingerprint density at radius 2 is 2.19 bits per heavy atom. The lowest BCUT2D eigenvalue weighted by Crippen LogP contribution is -2.23. The third-order valence-electron chi connectivity index (χ3n) is 3.55. The van der Waals surface area contributed by atoms with E-state index in [-0.39, 0.29) is 11.6 Å². The van der Waals surface area contributed by atoms with Crippen molar-refractivity contribution >= 4 is 23.4 Å². The number of nitrogens with one attached hydrogen (secondary N) is 1. The first-order valence-electron chi connectivity index (χ1n) is 7.90. The van der Waals surface area contributed by atoms with Crippen molar-refractivity contribution in [2.75, 3.05) is 5.32 Å². The highest BCUT2D eigenvalue weighted by Gasteiger charge is 2.22. The third kappa shape index (κ3) is 3.85. The van der Waals surface area contributed by atoms with Gasteiger partial charge in [-0.3, -0.25) is 9.36 Å². The third-order valence-corrected chi connectivity index (χ3v) is 4.63. The second-order valence-electron chi connectivity index (χ2n) is 5.41. The molecule has 0 aliphatic carbocycles. The summed E-state index contributed by atoms with van der Waals surface area (Å²) in [6.07, 6.45) is 3.27. The van der Waals surface area contributed by atoms with Crippen LogP contribution in [-0.2, 0) is 11.3 Å². The number of aromatic nitrogens is 3. The minimum Gasteiger partial charge on any atom is -0.461 e. The molecule has 2 aromatic heterocycles. The fourth-order valence-corrected chi connectivity index (χ4v) is 3.12. The van der Waals surface area contributed by atoms with Crippen molar-refractivity contribution in [1.82, 2.24) is 14.8 Å². The van der Waals surface area contributed by atoms with E-state index < -0.39 is 11.1 Å². The Hall–Kier alpha value is -2.87. The van der Waals surface area contributed by atoms with E-state index in [0.29, 0.717) is 23.3 Å². The molecule has 0 saturated carbocycles. The predicted octanol–water partition coefficient (Wildman–Crippen LogP) is 3.98.